The number of carboxylic acids is 1. The summed E-state index contributed by atoms with van der Waals surface area (Å²) in [5.41, 5.74) is 1.95. The van der Waals surface area contributed by atoms with Crippen molar-refractivity contribution in [3.8, 4) is 5.69 Å². The van der Waals surface area contributed by atoms with E-state index in [1.54, 1.807) is 10.9 Å². The number of nitrogens with one attached hydrogen (secondary N) is 1. The standard InChI is InChI=1S/C16H21N3O2/c1-12(2)8-15(16(20)21)17-9-13-10-18-19(11-13)14-6-4-3-5-7-14/h3-7,10-12,15,17H,8-9H2,1-2H3,(H,20,21)/t15-/m1/s1. The van der Waals surface area contributed by atoms with Gasteiger partial charge in [0.1, 0.15) is 6.04 Å². The highest BCUT2D eigenvalue weighted by Crippen LogP contribution is 2.09. The SMILES string of the molecule is CC(C)C[C@@H](NCc1cnn(-c2ccccc2)c1)C(=O)O. The second-order valence-corrected chi connectivity index (χ2v) is 5.53. The lowest BCUT2D eigenvalue weighted by Gasteiger charge is -2.15. The molecule has 0 radical (unpaired) electrons. The van der Waals surface area contributed by atoms with E-state index in [0.29, 0.717) is 18.9 Å². The normalized spacial score (nSPS) is 12.5. The van der Waals surface area contributed by atoms with Crippen LogP contribution >= 0.6 is 0 Å². The summed E-state index contributed by atoms with van der Waals surface area (Å²) in [7, 11) is 0. The molecule has 0 aliphatic heterocycles. The maximum Gasteiger partial charge on any atom is 0.320 e. The van der Waals surface area contributed by atoms with Gasteiger partial charge in [0.05, 0.1) is 11.9 Å². The molecule has 1 aromatic heterocycles. The van der Waals surface area contributed by atoms with Gasteiger partial charge in [-0.15, -0.1) is 0 Å². The summed E-state index contributed by atoms with van der Waals surface area (Å²) in [5, 5.41) is 16.6. The van der Waals surface area contributed by atoms with Crippen molar-refractivity contribution in [3.05, 3.63) is 48.3 Å². The fourth-order valence-electron chi connectivity index (χ4n) is 2.16. The molecule has 0 unspecified atom stereocenters. The highest BCUT2D eigenvalue weighted by Gasteiger charge is 2.18. The van der Waals surface area contributed by atoms with Gasteiger partial charge in [-0.05, 0) is 24.5 Å². The third-order valence-electron chi connectivity index (χ3n) is 3.21. The molecule has 0 amide bonds. The Bertz CT molecular complexity index is 578. The molecule has 2 rings (SSSR count). The Morgan fingerprint density at radius 3 is 2.67 bits per heavy atom. The predicted octanol–water partition coefficient (Wildman–Crippen LogP) is 2.46. The Labute approximate surface area is 124 Å². The van der Waals surface area contributed by atoms with Crippen molar-refractivity contribution in [1.29, 1.82) is 0 Å². The Morgan fingerprint density at radius 2 is 2.05 bits per heavy atom. The first-order chi connectivity index (χ1) is 10.1. The highest BCUT2D eigenvalue weighted by atomic mass is 16.4. The number of nitrogens with zero attached hydrogens (tertiary/aromatic N) is 2. The molecule has 0 aliphatic carbocycles. The topological polar surface area (TPSA) is 67.2 Å². The Morgan fingerprint density at radius 1 is 1.33 bits per heavy atom. The maximum atomic E-state index is 11.2. The van der Waals surface area contributed by atoms with Gasteiger partial charge in [0.2, 0.25) is 0 Å². The molecule has 1 aromatic carbocycles. The number of para-hydroxylation sites is 1. The van der Waals surface area contributed by atoms with E-state index in [-0.39, 0.29) is 0 Å². The molecule has 5 heteroatoms. The Balaban J connectivity index is 1.98. The van der Waals surface area contributed by atoms with E-state index in [4.69, 9.17) is 0 Å². The van der Waals surface area contributed by atoms with Gasteiger partial charge in [0.15, 0.2) is 0 Å². The summed E-state index contributed by atoms with van der Waals surface area (Å²) in [4.78, 5) is 11.2. The van der Waals surface area contributed by atoms with Crippen LogP contribution in [0.2, 0.25) is 0 Å². The first kappa shape index (κ1) is 15.3. The molecule has 2 N–H and O–H groups in total. The van der Waals surface area contributed by atoms with Crippen molar-refractivity contribution in [2.45, 2.75) is 32.9 Å². The molecule has 2 aromatic rings. The van der Waals surface area contributed by atoms with Crippen LogP contribution in [0.1, 0.15) is 25.8 Å². The lowest BCUT2D eigenvalue weighted by Crippen LogP contribution is -2.37. The first-order valence-corrected chi connectivity index (χ1v) is 7.11. The number of rotatable bonds is 7. The summed E-state index contributed by atoms with van der Waals surface area (Å²) >= 11 is 0. The van der Waals surface area contributed by atoms with Gasteiger partial charge in [-0.25, -0.2) is 4.68 Å². The molecule has 5 nitrogen and oxygen atoms in total. The average molecular weight is 287 g/mol. The van der Waals surface area contributed by atoms with Gasteiger partial charge in [0, 0.05) is 18.3 Å². The van der Waals surface area contributed by atoms with Crippen LogP contribution in [0.5, 0.6) is 0 Å². The van der Waals surface area contributed by atoms with Crippen molar-refractivity contribution >= 4 is 5.97 Å². The van der Waals surface area contributed by atoms with E-state index < -0.39 is 12.0 Å². The number of carbonyl (C=O) groups is 1. The van der Waals surface area contributed by atoms with Gasteiger partial charge < -0.3 is 10.4 Å². The minimum absolute atomic E-state index is 0.339. The predicted molar refractivity (Wildman–Crippen MR) is 81.3 cm³/mol. The number of aliphatic carboxylic acids is 1. The van der Waals surface area contributed by atoms with Gasteiger partial charge in [-0.2, -0.15) is 5.10 Å². The Hall–Kier alpha value is -2.14. The first-order valence-electron chi connectivity index (χ1n) is 7.11. The van der Waals surface area contributed by atoms with E-state index >= 15 is 0 Å². The number of carboxylic acid groups (broad SMARTS) is 1. The minimum Gasteiger partial charge on any atom is -0.480 e. The monoisotopic (exact) mass is 287 g/mol. The summed E-state index contributed by atoms with van der Waals surface area (Å²) in [6.45, 7) is 4.53. The zero-order valence-electron chi connectivity index (χ0n) is 12.4. The third kappa shape index (κ3) is 4.43. The van der Waals surface area contributed by atoms with Crippen molar-refractivity contribution in [3.63, 3.8) is 0 Å². The largest absolute Gasteiger partial charge is 0.480 e. The van der Waals surface area contributed by atoms with E-state index in [0.717, 1.165) is 11.3 Å². The fourth-order valence-corrected chi connectivity index (χ4v) is 2.16. The van der Waals surface area contributed by atoms with Crippen LogP contribution < -0.4 is 5.32 Å². The zero-order valence-corrected chi connectivity index (χ0v) is 12.4. The van der Waals surface area contributed by atoms with Crippen LogP contribution in [0.15, 0.2) is 42.7 Å². The van der Waals surface area contributed by atoms with Crippen LogP contribution in [-0.4, -0.2) is 26.9 Å². The summed E-state index contributed by atoms with van der Waals surface area (Å²) < 4.78 is 1.79. The number of hydrogen-bond donors (Lipinski definition) is 2. The van der Waals surface area contributed by atoms with Crippen LogP contribution in [0, 0.1) is 5.92 Å². The fraction of sp³-hybridized carbons (Fsp3) is 0.375. The smallest absolute Gasteiger partial charge is 0.320 e. The van der Waals surface area contributed by atoms with Crippen LogP contribution in [0.4, 0.5) is 0 Å². The van der Waals surface area contributed by atoms with Crippen molar-refractivity contribution < 1.29 is 9.90 Å². The number of aromatic nitrogens is 2. The Kier molecular flexibility index (Phi) is 5.11. The molecule has 1 atom stereocenters. The second kappa shape index (κ2) is 7.04. The molecule has 0 saturated heterocycles. The average Bonchev–Trinajstić information content (AvgIpc) is 2.92. The molecule has 1 heterocycles. The van der Waals surface area contributed by atoms with E-state index in [1.165, 1.54) is 0 Å². The van der Waals surface area contributed by atoms with Gasteiger partial charge >= 0.3 is 5.97 Å². The molecule has 112 valence electrons. The highest BCUT2D eigenvalue weighted by molar-refractivity contribution is 5.73. The van der Waals surface area contributed by atoms with E-state index in [9.17, 15) is 9.90 Å². The molecule has 0 saturated carbocycles. The van der Waals surface area contributed by atoms with E-state index in [2.05, 4.69) is 10.4 Å². The molecule has 21 heavy (non-hydrogen) atoms. The summed E-state index contributed by atoms with van der Waals surface area (Å²) in [5.74, 6) is -0.468. The third-order valence-corrected chi connectivity index (χ3v) is 3.21. The van der Waals surface area contributed by atoms with Crippen molar-refractivity contribution in [2.24, 2.45) is 5.92 Å². The zero-order chi connectivity index (χ0) is 15.2. The number of hydrogen-bond acceptors (Lipinski definition) is 3. The second-order valence-electron chi connectivity index (χ2n) is 5.53. The quantitative estimate of drug-likeness (QED) is 0.821. The van der Waals surface area contributed by atoms with Gasteiger partial charge in [0.25, 0.3) is 0 Å². The lowest BCUT2D eigenvalue weighted by molar-refractivity contribution is -0.140. The van der Waals surface area contributed by atoms with Crippen LogP contribution in [0.25, 0.3) is 5.69 Å². The molecule has 0 fully saturated rings. The molecule has 0 bridgehead atoms. The molecule has 0 aliphatic rings. The number of benzene rings is 1. The maximum absolute atomic E-state index is 11.2. The van der Waals surface area contributed by atoms with Gasteiger partial charge in [-0.3, -0.25) is 4.79 Å². The van der Waals surface area contributed by atoms with Gasteiger partial charge in [-0.1, -0.05) is 32.0 Å². The summed E-state index contributed by atoms with van der Waals surface area (Å²) in [6, 6.07) is 9.30. The van der Waals surface area contributed by atoms with Crippen LogP contribution in [-0.2, 0) is 11.3 Å². The molecular weight excluding hydrogens is 266 g/mol. The lowest BCUT2D eigenvalue weighted by atomic mass is 10.0. The minimum atomic E-state index is -0.806. The van der Waals surface area contributed by atoms with Crippen molar-refractivity contribution in [2.75, 3.05) is 0 Å². The van der Waals surface area contributed by atoms with Crippen LogP contribution in [0.3, 0.4) is 0 Å². The molecule has 0 spiro atoms. The summed E-state index contributed by atoms with van der Waals surface area (Å²) in [6.07, 6.45) is 4.28. The van der Waals surface area contributed by atoms with E-state index in [1.807, 2.05) is 50.4 Å². The van der Waals surface area contributed by atoms with Crippen molar-refractivity contribution in [1.82, 2.24) is 15.1 Å². The molecular formula is C16H21N3O2.